The molecule has 0 spiro atoms. The maximum Gasteiger partial charge on any atom is 0.310 e. The highest BCUT2D eigenvalue weighted by molar-refractivity contribution is 5.72. The first kappa shape index (κ1) is 14.8. The van der Waals surface area contributed by atoms with Crippen molar-refractivity contribution in [2.75, 3.05) is 0 Å². The van der Waals surface area contributed by atoms with E-state index in [0.29, 0.717) is 10.8 Å². The van der Waals surface area contributed by atoms with Crippen LogP contribution in [0.25, 0.3) is 0 Å². The standard InChI is InChI=1S/C20H30O2/c1-19-9-3-4-16(19)15-6-5-14-12-13(18(21)22)7-11-20(14,2)17(15)8-10-19/h12-13,15-17H,3-11H2,1-2H3,(H,21,22)/t13?,15-,16-,17-,19-,20-/m0/s1. The van der Waals surface area contributed by atoms with Crippen LogP contribution >= 0.6 is 0 Å². The number of hydrogen-bond donors (Lipinski definition) is 1. The molecule has 3 saturated carbocycles. The molecule has 0 aliphatic heterocycles. The van der Waals surface area contributed by atoms with Crippen LogP contribution in [0.1, 0.15) is 71.6 Å². The third-order valence-electron chi connectivity index (χ3n) is 8.21. The van der Waals surface area contributed by atoms with E-state index in [0.717, 1.165) is 37.0 Å². The van der Waals surface area contributed by atoms with Crippen molar-refractivity contribution in [1.82, 2.24) is 0 Å². The van der Waals surface area contributed by atoms with Gasteiger partial charge in [0.15, 0.2) is 0 Å². The van der Waals surface area contributed by atoms with Crippen LogP contribution in [0.4, 0.5) is 0 Å². The summed E-state index contributed by atoms with van der Waals surface area (Å²) in [6.07, 6.45) is 13.7. The van der Waals surface area contributed by atoms with Gasteiger partial charge in [-0.3, -0.25) is 4.79 Å². The second-order valence-corrected chi connectivity index (χ2v) is 9.09. The molecular formula is C20H30O2. The van der Waals surface area contributed by atoms with Gasteiger partial charge in [-0.15, -0.1) is 0 Å². The zero-order chi connectivity index (χ0) is 15.5. The van der Waals surface area contributed by atoms with Crippen LogP contribution in [0.5, 0.6) is 0 Å². The van der Waals surface area contributed by atoms with Gasteiger partial charge in [-0.25, -0.2) is 0 Å². The summed E-state index contributed by atoms with van der Waals surface area (Å²) >= 11 is 0. The molecule has 0 aromatic heterocycles. The molecule has 22 heavy (non-hydrogen) atoms. The lowest BCUT2D eigenvalue weighted by Gasteiger charge is -2.57. The molecule has 0 aromatic carbocycles. The number of carbonyl (C=O) groups is 1. The molecule has 1 unspecified atom stereocenters. The number of allylic oxidation sites excluding steroid dienone is 1. The Kier molecular flexibility index (Phi) is 3.26. The Morgan fingerprint density at radius 1 is 1.09 bits per heavy atom. The third-order valence-corrected chi connectivity index (χ3v) is 8.21. The van der Waals surface area contributed by atoms with E-state index in [2.05, 4.69) is 19.9 Å². The molecule has 2 nitrogen and oxygen atoms in total. The summed E-state index contributed by atoms with van der Waals surface area (Å²) in [5.74, 6) is 1.83. The van der Waals surface area contributed by atoms with Gasteiger partial charge in [-0.2, -0.15) is 0 Å². The van der Waals surface area contributed by atoms with E-state index in [9.17, 15) is 9.90 Å². The average molecular weight is 302 g/mol. The summed E-state index contributed by atoms with van der Waals surface area (Å²) in [4.78, 5) is 11.4. The van der Waals surface area contributed by atoms with E-state index >= 15 is 0 Å². The molecule has 0 aromatic rings. The average Bonchev–Trinajstić information content (AvgIpc) is 2.88. The third kappa shape index (κ3) is 1.95. The van der Waals surface area contributed by atoms with Gasteiger partial charge in [-0.05, 0) is 80.0 Å². The Morgan fingerprint density at radius 2 is 1.91 bits per heavy atom. The first-order valence-electron chi connectivity index (χ1n) is 9.38. The smallest absolute Gasteiger partial charge is 0.310 e. The minimum Gasteiger partial charge on any atom is -0.481 e. The second kappa shape index (κ2) is 4.85. The van der Waals surface area contributed by atoms with Crippen LogP contribution in [-0.2, 0) is 4.79 Å². The van der Waals surface area contributed by atoms with Gasteiger partial charge in [0, 0.05) is 0 Å². The fourth-order valence-corrected chi connectivity index (χ4v) is 6.92. The number of carboxylic acid groups (broad SMARTS) is 1. The Balaban J connectivity index is 1.65. The van der Waals surface area contributed by atoms with E-state index in [1.807, 2.05) is 0 Å². The number of rotatable bonds is 1. The normalized spacial score (nSPS) is 50.5. The Morgan fingerprint density at radius 3 is 2.68 bits per heavy atom. The highest BCUT2D eigenvalue weighted by atomic mass is 16.4. The van der Waals surface area contributed by atoms with E-state index in [1.165, 1.54) is 44.1 Å². The molecule has 0 bridgehead atoms. The van der Waals surface area contributed by atoms with Crippen molar-refractivity contribution in [1.29, 1.82) is 0 Å². The zero-order valence-electron chi connectivity index (χ0n) is 14.1. The Bertz CT molecular complexity index is 522. The van der Waals surface area contributed by atoms with Gasteiger partial charge in [0.05, 0.1) is 5.92 Å². The van der Waals surface area contributed by atoms with Crippen molar-refractivity contribution in [3.8, 4) is 0 Å². The Hall–Kier alpha value is -0.790. The van der Waals surface area contributed by atoms with Gasteiger partial charge in [-0.1, -0.05) is 31.9 Å². The van der Waals surface area contributed by atoms with E-state index in [1.54, 1.807) is 0 Å². The maximum atomic E-state index is 11.4. The van der Waals surface area contributed by atoms with Gasteiger partial charge in [0.1, 0.15) is 0 Å². The summed E-state index contributed by atoms with van der Waals surface area (Å²) in [5, 5.41) is 9.36. The predicted octanol–water partition coefficient (Wildman–Crippen LogP) is 5.04. The predicted molar refractivity (Wildman–Crippen MR) is 87.4 cm³/mol. The molecule has 0 heterocycles. The fraction of sp³-hybridized carbons (Fsp3) is 0.850. The van der Waals surface area contributed by atoms with E-state index in [-0.39, 0.29) is 5.92 Å². The SMILES string of the molecule is C[C@@]12CCC[C@H]1[C@@H]1CCC3=CC(C(=O)O)CC[C@]3(C)[C@H]1CC2. The molecule has 4 rings (SSSR count). The van der Waals surface area contributed by atoms with Crippen LogP contribution < -0.4 is 0 Å². The Labute approximate surface area is 134 Å². The van der Waals surface area contributed by atoms with Crippen LogP contribution in [0, 0.1) is 34.5 Å². The first-order chi connectivity index (χ1) is 10.4. The maximum absolute atomic E-state index is 11.4. The molecule has 0 amide bonds. The minimum absolute atomic E-state index is 0.222. The summed E-state index contributed by atoms with van der Waals surface area (Å²) in [7, 11) is 0. The number of fused-ring (bicyclic) bond motifs is 5. The second-order valence-electron chi connectivity index (χ2n) is 9.09. The molecule has 1 N–H and O–H groups in total. The van der Waals surface area contributed by atoms with Gasteiger partial charge >= 0.3 is 5.97 Å². The van der Waals surface area contributed by atoms with Crippen LogP contribution in [-0.4, -0.2) is 11.1 Å². The summed E-state index contributed by atoms with van der Waals surface area (Å²) in [6.45, 7) is 5.02. The number of aliphatic carboxylic acids is 1. The summed E-state index contributed by atoms with van der Waals surface area (Å²) in [5.41, 5.74) is 2.42. The minimum atomic E-state index is -0.622. The lowest BCUT2D eigenvalue weighted by atomic mass is 9.47. The quantitative estimate of drug-likeness (QED) is 0.689. The molecule has 122 valence electrons. The van der Waals surface area contributed by atoms with Crippen LogP contribution in [0.15, 0.2) is 11.6 Å². The molecule has 4 aliphatic carbocycles. The number of carboxylic acids is 1. The molecule has 2 heteroatoms. The topological polar surface area (TPSA) is 37.3 Å². The molecule has 3 fully saturated rings. The zero-order valence-corrected chi connectivity index (χ0v) is 14.1. The summed E-state index contributed by atoms with van der Waals surface area (Å²) in [6, 6.07) is 0. The monoisotopic (exact) mass is 302 g/mol. The lowest BCUT2D eigenvalue weighted by molar-refractivity contribution is -0.141. The summed E-state index contributed by atoms with van der Waals surface area (Å²) < 4.78 is 0. The van der Waals surface area contributed by atoms with Crippen molar-refractivity contribution in [2.45, 2.75) is 71.6 Å². The largest absolute Gasteiger partial charge is 0.481 e. The van der Waals surface area contributed by atoms with Crippen LogP contribution in [0.3, 0.4) is 0 Å². The first-order valence-corrected chi connectivity index (χ1v) is 9.38. The van der Waals surface area contributed by atoms with Crippen molar-refractivity contribution >= 4 is 5.97 Å². The van der Waals surface area contributed by atoms with E-state index in [4.69, 9.17) is 0 Å². The van der Waals surface area contributed by atoms with Gasteiger partial charge in [0.25, 0.3) is 0 Å². The van der Waals surface area contributed by atoms with E-state index < -0.39 is 5.97 Å². The van der Waals surface area contributed by atoms with Gasteiger partial charge in [0.2, 0.25) is 0 Å². The highest BCUT2D eigenvalue weighted by Crippen LogP contribution is 2.65. The van der Waals surface area contributed by atoms with Gasteiger partial charge < -0.3 is 5.11 Å². The van der Waals surface area contributed by atoms with Crippen molar-refractivity contribution < 1.29 is 9.90 Å². The lowest BCUT2D eigenvalue weighted by Crippen LogP contribution is -2.49. The highest BCUT2D eigenvalue weighted by Gasteiger charge is 2.56. The van der Waals surface area contributed by atoms with Crippen molar-refractivity contribution in [2.24, 2.45) is 34.5 Å². The van der Waals surface area contributed by atoms with Crippen molar-refractivity contribution in [3.63, 3.8) is 0 Å². The molecule has 0 radical (unpaired) electrons. The number of hydrogen-bond acceptors (Lipinski definition) is 1. The molecule has 0 saturated heterocycles. The molecule has 4 aliphatic rings. The van der Waals surface area contributed by atoms with Crippen molar-refractivity contribution in [3.05, 3.63) is 11.6 Å². The fourth-order valence-electron chi connectivity index (χ4n) is 6.92. The van der Waals surface area contributed by atoms with Crippen LogP contribution in [0.2, 0.25) is 0 Å². The molecule has 6 atom stereocenters. The molecular weight excluding hydrogens is 272 g/mol.